The number of hydrogen-bond acceptors (Lipinski definition) is 5. The average molecular weight is 461 g/mol. The van der Waals surface area contributed by atoms with Gasteiger partial charge in [0.1, 0.15) is 23.0 Å². The topological polar surface area (TPSA) is 67.9 Å². The third-order valence-corrected chi connectivity index (χ3v) is 5.87. The molecule has 2 amide bonds. The maximum Gasteiger partial charge on any atom is 0.278 e. The van der Waals surface area contributed by atoms with Crippen LogP contribution in [0.3, 0.4) is 0 Å². The summed E-state index contributed by atoms with van der Waals surface area (Å²) in [6.07, 6.45) is 0. The molecule has 1 aliphatic heterocycles. The molecule has 1 aliphatic rings. The van der Waals surface area contributed by atoms with Gasteiger partial charge in [-0.05, 0) is 36.6 Å². The number of rotatable bonds is 7. The second-order valence-corrected chi connectivity index (χ2v) is 8.06. The number of anilines is 1. The molecule has 174 valence electrons. The third-order valence-electron chi connectivity index (χ3n) is 5.87. The molecule has 1 N–H and O–H groups in total. The molecule has 0 unspecified atom stereocenters. The Kier molecular flexibility index (Phi) is 6.36. The minimum absolute atomic E-state index is 0.111. The summed E-state index contributed by atoms with van der Waals surface area (Å²) in [7, 11) is 3.05. The molecule has 0 spiro atoms. The Hall–Kier alpha value is -4.13. The smallest absolute Gasteiger partial charge is 0.278 e. The first-order chi connectivity index (χ1) is 16.3. The number of amides is 2. The van der Waals surface area contributed by atoms with Crippen molar-refractivity contribution in [2.75, 3.05) is 19.5 Å². The molecule has 7 heteroatoms. The van der Waals surface area contributed by atoms with E-state index in [1.807, 2.05) is 32.0 Å². The quantitative estimate of drug-likeness (QED) is 0.511. The van der Waals surface area contributed by atoms with Crippen molar-refractivity contribution in [2.24, 2.45) is 0 Å². The Labute approximate surface area is 197 Å². The van der Waals surface area contributed by atoms with Crippen molar-refractivity contribution in [3.63, 3.8) is 0 Å². The molecule has 34 heavy (non-hydrogen) atoms. The Morgan fingerprint density at radius 2 is 1.53 bits per heavy atom. The molecule has 0 aromatic heterocycles. The van der Waals surface area contributed by atoms with Crippen LogP contribution in [0, 0.1) is 19.7 Å². The highest BCUT2D eigenvalue weighted by atomic mass is 19.1. The van der Waals surface area contributed by atoms with Crippen molar-refractivity contribution in [1.29, 1.82) is 0 Å². The van der Waals surface area contributed by atoms with Crippen LogP contribution in [0.25, 0.3) is 5.57 Å². The average Bonchev–Trinajstić information content (AvgIpc) is 3.06. The third kappa shape index (κ3) is 4.37. The minimum atomic E-state index is -0.539. The maximum atomic E-state index is 14.3. The number of aryl methyl sites for hydroxylation is 2. The van der Waals surface area contributed by atoms with E-state index in [4.69, 9.17) is 9.47 Å². The van der Waals surface area contributed by atoms with Crippen molar-refractivity contribution in [3.05, 3.63) is 94.4 Å². The van der Waals surface area contributed by atoms with Gasteiger partial charge in [0.25, 0.3) is 11.8 Å². The Morgan fingerprint density at radius 1 is 0.853 bits per heavy atom. The second kappa shape index (κ2) is 9.39. The lowest BCUT2D eigenvalue weighted by Gasteiger charge is -2.16. The zero-order valence-electron chi connectivity index (χ0n) is 19.4. The molecule has 6 nitrogen and oxygen atoms in total. The van der Waals surface area contributed by atoms with E-state index < -0.39 is 17.6 Å². The van der Waals surface area contributed by atoms with Gasteiger partial charge in [-0.25, -0.2) is 4.39 Å². The molecule has 3 aromatic rings. The molecule has 0 atom stereocenters. The molecule has 1 heterocycles. The predicted octanol–water partition coefficient (Wildman–Crippen LogP) is 4.85. The molecule has 0 fully saturated rings. The monoisotopic (exact) mass is 460 g/mol. The van der Waals surface area contributed by atoms with Crippen LogP contribution >= 0.6 is 0 Å². The van der Waals surface area contributed by atoms with Gasteiger partial charge in [0.15, 0.2) is 0 Å². The van der Waals surface area contributed by atoms with Crippen LogP contribution in [-0.4, -0.2) is 30.9 Å². The van der Waals surface area contributed by atoms with E-state index in [2.05, 4.69) is 5.32 Å². The molecule has 0 saturated carbocycles. The molecular formula is C27H25FN2O4. The van der Waals surface area contributed by atoms with Crippen LogP contribution in [0.15, 0.2) is 66.4 Å². The fraction of sp³-hybridized carbons (Fsp3) is 0.185. The summed E-state index contributed by atoms with van der Waals surface area (Å²) in [6.45, 7) is 3.74. The molecule has 0 aliphatic carbocycles. The molecular weight excluding hydrogens is 435 g/mol. The van der Waals surface area contributed by atoms with E-state index in [1.165, 1.54) is 20.3 Å². The summed E-state index contributed by atoms with van der Waals surface area (Å²) in [5.41, 5.74) is 3.77. The summed E-state index contributed by atoms with van der Waals surface area (Å²) < 4.78 is 25.0. The number of carbonyl (C=O) groups is 2. The Bertz CT molecular complexity index is 1290. The normalized spacial score (nSPS) is 13.5. The van der Waals surface area contributed by atoms with Gasteiger partial charge in [0.2, 0.25) is 0 Å². The number of benzene rings is 3. The first-order valence-corrected chi connectivity index (χ1v) is 10.7. The highest BCUT2D eigenvalue weighted by molar-refractivity contribution is 6.36. The van der Waals surface area contributed by atoms with E-state index in [0.29, 0.717) is 22.7 Å². The van der Waals surface area contributed by atoms with Gasteiger partial charge < -0.3 is 14.8 Å². The predicted molar refractivity (Wildman–Crippen MR) is 128 cm³/mol. The van der Waals surface area contributed by atoms with Gasteiger partial charge in [-0.3, -0.25) is 14.5 Å². The van der Waals surface area contributed by atoms with Crippen LogP contribution < -0.4 is 14.8 Å². The summed E-state index contributed by atoms with van der Waals surface area (Å²) in [6, 6.07) is 16.8. The van der Waals surface area contributed by atoms with Crippen LogP contribution in [0.2, 0.25) is 0 Å². The van der Waals surface area contributed by atoms with Gasteiger partial charge in [-0.2, -0.15) is 0 Å². The first kappa shape index (κ1) is 23.0. The second-order valence-electron chi connectivity index (χ2n) is 8.06. The van der Waals surface area contributed by atoms with E-state index in [9.17, 15) is 14.0 Å². The van der Waals surface area contributed by atoms with E-state index >= 15 is 0 Å². The summed E-state index contributed by atoms with van der Waals surface area (Å²) >= 11 is 0. The van der Waals surface area contributed by atoms with Crippen LogP contribution in [0.1, 0.15) is 22.3 Å². The zero-order chi connectivity index (χ0) is 24.4. The lowest BCUT2D eigenvalue weighted by molar-refractivity contribution is -0.137. The van der Waals surface area contributed by atoms with Gasteiger partial charge in [0, 0.05) is 29.4 Å². The maximum absolute atomic E-state index is 14.3. The standard InChI is InChI=1S/C27H25FN2O4/c1-16-9-10-18(11-17(16)2)24-25(29-20-12-21(33-3)14-22(13-20)34-4)27(32)30(26(24)31)15-19-7-5-6-8-23(19)28/h5-14,29H,15H2,1-4H3. The SMILES string of the molecule is COc1cc(NC2=C(c3ccc(C)c(C)c3)C(=O)N(Cc3ccccc3F)C2=O)cc(OC)c1. The van der Waals surface area contributed by atoms with Gasteiger partial charge in [-0.15, -0.1) is 0 Å². The van der Waals surface area contributed by atoms with Crippen molar-refractivity contribution in [2.45, 2.75) is 20.4 Å². The van der Waals surface area contributed by atoms with E-state index in [1.54, 1.807) is 36.4 Å². The first-order valence-electron chi connectivity index (χ1n) is 10.7. The number of methoxy groups -OCH3 is 2. The van der Waals surface area contributed by atoms with Crippen LogP contribution in [0.4, 0.5) is 10.1 Å². The molecule has 0 radical (unpaired) electrons. The van der Waals surface area contributed by atoms with Crippen LogP contribution in [0.5, 0.6) is 11.5 Å². The van der Waals surface area contributed by atoms with Crippen molar-refractivity contribution in [3.8, 4) is 11.5 Å². The van der Waals surface area contributed by atoms with Crippen molar-refractivity contribution < 1.29 is 23.5 Å². The fourth-order valence-electron chi connectivity index (χ4n) is 3.82. The molecule has 0 saturated heterocycles. The lowest BCUT2D eigenvalue weighted by Crippen LogP contribution is -2.32. The number of carbonyl (C=O) groups excluding carboxylic acids is 2. The zero-order valence-corrected chi connectivity index (χ0v) is 19.4. The number of ether oxygens (including phenoxy) is 2. The molecule has 0 bridgehead atoms. The number of imide groups is 1. The van der Waals surface area contributed by atoms with Gasteiger partial charge in [-0.1, -0.05) is 36.4 Å². The highest BCUT2D eigenvalue weighted by Crippen LogP contribution is 2.34. The molecule has 3 aromatic carbocycles. The highest BCUT2D eigenvalue weighted by Gasteiger charge is 2.39. The largest absolute Gasteiger partial charge is 0.497 e. The number of nitrogens with zero attached hydrogens (tertiary/aromatic N) is 1. The lowest BCUT2D eigenvalue weighted by atomic mass is 9.99. The summed E-state index contributed by atoms with van der Waals surface area (Å²) in [5, 5.41) is 3.10. The summed E-state index contributed by atoms with van der Waals surface area (Å²) in [4.78, 5) is 28.0. The van der Waals surface area contributed by atoms with Gasteiger partial charge in [0.05, 0.1) is 26.3 Å². The number of halogens is 1. The van der Waals surface area contributed by atoms with E-state index in [-0.39, 0.29) is 23.4 Å². The Balaban J connectivity index is 1.80. The fourth-order valence-corrected chi connectivity index (χ4v) is 3.82. The number of nitrogens with one attached hydrogen (secondary N) is 1. The minimum Gasteiger partial charge on any atom is -0.497 e. The van der Waals surface area contributed by atoms with E-state index in [0.717, 1.165) is 16.0 Å². The summed E-state index contributed by atoms with van der Waals surface area (Å²) in [5.74, 6) is -0.461. The Morgan fingerprint density at radius 3 is 2.15 bits per heavy atom. The van der Waals surface area contributed by atoms with Crippen molar-refractivity contribution >= 4 is 23.1 Å². The van der Waals surface area contributed by atoms with Gasteiger partial charge >= 0.3 is 0 Å². The number of hydrogen-bond donors (Lipinski definition) is 1. The van der Waals surface area contributed by atoms with Crippen LogP contribution in [-0.2, 0) is 16.1 Å². The van der Waals surface area contributed by atoms with Crippen molar-refractivity contribution in [1.82, 2.24) is 4.90 Å². The molecule has 4 rings (SSSR count).